The number of fused-ring (bicyclic) bond motifs is 1. The van der Waals surface area contributed by atoms with Gasteiger partial charge in [-0.05, 0) is 12.1 Å². The van der Waals surface area contributed by atoms with Gasteiger partial charge in [0.05, 0.1) is 12.1 Å². The van der Waals surface area contributed by atoms with Gasteiger partial charge in [-0.2, -0.15) is 0 Å². The second kappa shape index (κ2) is 4.57. The van der Waals surface area contributed by atoms with Crippen molar-refractivity contribution in [2.45, 2.75) is 6.54 Å². The average molecular weight is 251 g/mol. The van der Waals surface area contributed by atoms with Gasteiger partial charge in [0.1, 0.15) is 5.82 Å². The van der Waals surface area contributed by atoms with Crippen LogP contribution in [0.1, 0.15) is 5.56 Å². The maximum atomic E-state index is 11.1. The van der Waals surface area contributed by atoms with Gasteiger partial charge < -0.3 is 10.3 Å². The lowest BCUT2D eigenvalue weighted by molar-refractivity contribution is 0.789. The lowest BCUT2D eigenvalue weighted by atomic mass is 10.1. The minimum atomic E-state index is 0.000795. The number of nitrogen functional groups attached to an aromatic ring is 1. The number of hydrogen-bond acceptors (Lipinski definition) is 3. The molecule has 2 aromatic heterocycles. The molecule has 0 aliphatic carbocycles. The van der Waals surface area contributed by atoms with Crippen LogP contribution >= 0.6 is 0 Å². The zero-order chi connectivity index (χ0) is 13.2. The molecule has 0 saturated carbocycles. The number of nitrogens with zero attached hydrogens (tertiary/aromatic N) is 2. The highest BCUT2D eigenvalue weighted by Gasteiger charge is 2.04. The first-order valence-corrected chi connectivity index (χ1v) is 6.02. The fourth-order valence-electron chi connectivity index (χ4n) is 2.05. The highest BCUT2D eigenvalue weighted by atomic mass is 16.1. The van der Waals surface area contributed by atoms with Gasteiger partial charge >= 0.3 is 0 Å². The van der Waals surface area contributed by atoms with E-state index in [1.807, 2.05) is 34.9 Å². The maximum absolute atomic E-state index is 11.1. The van der Waals surface area contributed by atoms with Crippen LogP contribution in [0.25, 0.3) is 10.9 Å². The molecule has 0 saturated heterocycles. The van der Waals surface area contributed by atoms with Crippen LogP contribution in [-0.2, 0) is 6.54 Å². The lowest BCUT2D eigenvalue weighted by Crippen LogP contribution is -2.07. The van der Waals surface area contributed by atoms with Crippen LogP contribution in [-0.4, -0.2) is 9.55 Å². The normalized spacial score (nSPS) is 10.7. The summed E-state index contributed by atoms with van der Waals surface area (Å²) in [6, 6.07) is 13.0. The van der Waals surface area contributed by atoms with Crippen LogP contribution < -0.4 is 11.2 Å². The predicted octanol–water partition coefficient (Wildman–Crippen LogP) is 2.03. The number of benzene rings is 1. The fourth-order valence-corrected chi connectivity index (χ4v) is 2.05. The molecule has 0 fully saturated rings. The quantitative estimate of drug-likeness (QED) is 0.758. The Kier molecular flexibility index (Phi) is 2.76. The monoisotopic (exact) mass is 251 g/mol. The number of anilines is 1. The first-order chi connectivity index (χ1) is 9.22. The molecule has 4 nitrogen and oxygen atoms in total. The van der Waals surface area contributed by atoms with Crippen LogP contribution in [0.5, 0.6) is 0 Å². The highest BCUT2D eigenvalue weighted by Crippen LogP contribution is 2.18. The van der Waals surface area contributed by atoms with Gasteiger partial charge in [0.2, 0.25) is 0 Å². The summed E-state index contributed by atoms with van der Waals surface area (Å²) in [7, 11) is 0. The standard InChI is InChI=1S/C15H13N3O/c16-15-12(10-18-7-5-13(19)6-8-18)9-11-3-1-2-4-14(11)17-15/h1-9H,10H2,(H2,16,17). The molecule has 94 valence electrons. The molecular weight excluding hydrogens is 238 g/mol. The van der Waals surface area contributed by atoms with E-state index in [9.17, 15) is 4.79 Å². The van der Waals surface area contributed by atoms with E-state index in [1.165, 1.54) is 12.1 Å². The maximum Gasteiger partial charge on any atom is 0.181 e. The number of hydrogen-bond donors (Lipinski definition) is 1. The third-order valence-electron chi connectivity index (χ3n) is 3.05. The van der Waals surface area contributed by atoms with Gasteiger partial charge in [-0.1, -0.05) is 18.2 Å². The molecule has 0 unspecified atom stereocenters. The first kappa shape index (κ1) is 11.5. The molecule has 0 atom stereocenters. The summed E-state index contributed by atoms with van der Waals surface area (Å²) in [6.07, 6.45) is 3.49. The van der Waals surface area contributed by atoms with Crippen LogP contribution in [0.3, 0.4) is 0 Å². The van der Waals surface area contributed by atoms with Gasteiger partial charge in [0.25, 0.3) is 0 Å². The zero-order valence-corrected chi connectivity index (χ0v) is 10.3. The van der Waals surface area contributed by atoms with Gasteiger partial charge in [-0.3, -0.25) is 4.79 Å². The summed E-state index contributed by atoms with van der Waals surface area (Å²) >= 11 is 0. The summed E-state index contributed by atoms with van der Waals surface area (Å²) in [5, 5.41) is 1.06. The number of rotatable bonds is 2. The van der Waals surface area contributed by atoms with E-state index >= 15 is 0 Å². The molecule has 3 rings (SSSR count). The van der Waals surface area contributed by atoms with E-state index in [4.69, 9.17) is 5.73 Å². The molecule has 0 bridgehead atoms. The van der Waals surface area contributed by atoms with Crippen LogP contribution in [0.15, 0.2) is 59.7 Å². The summed E-state index contributed by atoms with van der Waals surface area (Å²) < 4.78 is 1.91. The van der Waals surface area contributed by atoms with Crippen molar-refractivity contribution in [3.8, 4) is 0 Å². The van der Waals surface area contributed by atoms with E-state index in [-0.39, 0.29) is 5.43 Å². The molecule has 2 heterocycles. The number of pyridine rings is 2. The molecule has 3 aromatic rings. The fraction of sp³-hybridized carbons (Fsp3) is 0.0667. The van der Waals surface area contributed by atoms with E-state index in [0.29, 0.717) is 12.4 Å². The largest absolute Gasteiger partial charge is 0.383 e. The van der Waals surface area contributed by atoms with Gasteiger partial charge in [0, 0.05) is 35.5 Å². The Morgan fingerprint density at radius 2 is 1.84 bits per heavy atom. The number of aromatic nitrogens is 2. The Labute approximate surface area is 110 Å². The summed E-state index contributed by atoms with van der Waals surface area (Å²) in [6.45, 7) is 0.601. The van der Waals surface area contributed by atoms with Crippen molar-refractivity contribution in [3.63, 3.8) is 0 Å². The van der Waals surface area contributed by atoms with Gasteiger partial charge in [-0.15, -0.1) is 0 Å². The third-order valence-corrected chi connectivity index (χ3v) is 3.05. The topological polar surface area (TPSA) is 60.9 Å². The molecule has 2 N–H and O–H groups in total. The van der Waals surface area contributed by atoms with Crippen molar-refractivity contribution in [1.82, 2.24) is 9.55 Å². The van der Waals surface area contributed by atoms with Crippen molar-refractivity contribution < 1.29 is 0 Å². The van der Waals surface area contributed by atoms with Crippen molar-refractivity contribution in [2.24, 2.45) is 0 Å². The average Bonchev–Trinajstić information content (AvgIpc) is 2.42. The van der Waals surface area contributed by atoms with Crippen LogP contribution in [0, 0.1) is 0 Å². The molecule has 0 aliphatic heterocycles. The van der Waals surface area contributed by atoms with E-state index in [1.54, 1.807) is 12.4 Å². The second-order valence-electron chi connectivity index (χ2n) is 4.43. The number of nitrogens with two attached hydrogens (primary N) is 1. The van der Waals surface area contributed by atoms with Crippen molar-refractivity contribution in [3.05, 3.63) is 70.6 Å². The molecule has 19 heavy (non-hydrogen) atoms. The minimum Gasteiger partial charge on any atom is -0.383 e. The van der Waals surface area contributed by atoms with E-state index in [0.717, 1.165) is 16.5 Å². The smallest absolute Gasteiger partial charge is 0.181 e. The Bertz CT molecular complexity index is 772. The van der Waals surface area contributed by atoms with Gasteiger partial charge in [-0.25, -0.2) is 4.98 Å². The minimum absolute atomic E-state index is 0.000795. The molecule has 0 spiro atoms. The predicted molar refractivity (Wildman–Crippen MR) is 76.0 cm³/mol. The van der Waals surface area contributed by atoms with Crippen LogP contribution in [0.4, 0.5) is 5.82 Å². The summed E-state index contributed by atoms with van der Waals surface area (Å²) in [5.41, 5.74) is 7.82. The molecule has 0 radical (unpaired) electrons. The molecular formula is C15H13N3O. The first-order valence-electron chi connectivity index (χ1n) is 6.02. The zero-order valence-electron chi connectivity index (χ0n) is 10.3. The van der Waals surface area contributed by atoms with Gasteiger partial charge in [0.15, 0.2) is 5.43 Å². The summed E-state index contributed by atoms with van der Waals surface area (Å²) in [4.78, 5) is 15.5. The van der Waals surface area contributed by atoms with Crippen molar-refractivity contribution in [1.29, 1.82) is 0 Å². The van der Waals surface area contributed by atoms with E-state index in [2.05, 4.69) is 4.98 Å². The highest BCUT2D eigenvalue weighted by molar-refractivity contribution is 5.81. The number of para-hydroxylation sites is 1. The Balaban J connectivity index is 2.02. The molecule has 0 amide bonds. The Morgan fingerprint density at radius 1 is 1.11 bits per heavy atom. The summed E-state index contributed by atoms with van der Waals surface area (Å²) in [5.74, 6) is 0.525. The Hall–Kier alpha value is -2.62. The second-order valence-corrected chi connectivity index (χ2v) is 4.43. The molecule has 0 aliphatic rings. The third kappa shape index (κ3) is 2.33. The lowest BCUT2D eigenvalue weighted by Gasteiger charge is -2.09. The van der Waals surface area contributed by atoms with Crippen molar-refractivity contribution in [2.75, 3.05) is 5.73 Å². The molecule has 4 heteroatoms. The van der Waals surface area contributed by atoms with Crippen molar-refractivity contribution >= 4 is 16.7 Å². The Morgan fingerprint density at radius 3 is 2.63 bits per heavy atom. The van der Waals surface area contributed by atoms with E-state index < -0.39 is 0 Å². The SMILES string of the molecule is Nc1nc2ccccc2cc1Cn1ccc(=O)cc1. The van der Waals surface area contributed by atoms with Crippen LogP contribution in [0.2, 0.25) is 0 Å². The molecule has 1 aromatic carbocycles.